The van der Waals surface area contributed by atoms with E-state index in [1.165, 1.54) is 23.8 Å². The number of thioether (sulfide) groups is 1. The van der Waals surface area contributed by atoms with Crippen molar-refractivity contribution >= 4 is 35.2 Å². The highest BCUT2D eigenvalue weighted by molar-refractivity contribution is 8.02. The first-order chi connectivity index (χ1) is 9.30. The molecular weight excluding hydrogens is 302 g/mol. The van der Waals surface area contributed by atoms with Gasteiger partial charge >= 0.3 is 5.97 Å². The predicted molar refractivity (Wildman–Crippen MR) is 77.5 cm³/mol. The Balaban J connectivity index is 2.24. The second-order valence-electron chi connectivity index (χ2n) is 5.69. The van der Waals surface area contributed by atoms with Crippen molar-refractivity contribution in [2.24, 2.45) is 0 Å². The number of rotatable bonds is 3. The molecule has 0 aromatic heterocycles. The fourth-order valence-electron chi connectivity index (χ4n) is 2.21. The molecule has 20 heavy (non-hydrogen) atoms. The van der Waals surface area contributed by atoms with E-state index in [1.807, 2.05) is 5.41 Å². The molecule has 7 heteroatoms. The maximum absolute atomic E-state index is 12.3. The molecule has 2 aliphatic heterocycles. The first kappa shape index (κ1) is 15.7. The molecule has 0 aromatic carbocycles. The Morgan fingerprint density at radius 3 is 2.65 bits per heavy atom. The zero-order valence-electron chi connectivity index (χ0n) is 11.9. The lowest BCUT2D eigenvalue weighted by Crippen LogP contribution is -2.70. The molecule has 2 unspecified atom stereocenters. The fraction of sp³-hybridized carbons (Fsp3) is 0.692. The standard InChI is InChI=1S/C13H18ClNO4S/c1-13(2,3)19-12(17)8-7(5-14)6-20-11-9(18-4)10(16)15(8)11/h6,8-9,11H,5H2,1-4H3/t8?,9-,11?/m0/s1. The average Bonchev–Trinajstić information content (AvgIpc) is 2.35. The van der Waals surface area contributed by atoms with Gasteiger partial charge in [0.1, 0.15) is 11.0 Å². The monoisotopic (exact) mass is 319 g/mol. The second kappa shape index (κ2) is 5.58. The summed E-state index contributed by atoms with van der Waals surface area (Å²) in [6.45, 7) is 5.37. The number of halogens is 1. The third-order valence-electron chi connectivity index (χ3n) is 3.06. The summed E-state index contributed by atoms with van der Waals surface area (Å²) >= 11 is 7.33. The van der Waals surface area contributed by atoms with Gasteiger partial charge in [-0.3, -0.25) is 4.79 Å². The number of β-lactam (4-membered cyclic amide) rings is 1. The van der Waals surface area contributed by atoms with E-state index in [-0.39, 0.29) is 17.2 Å². The van der Waals surface area contributed by atoms with Gasteiger partial charge in [-0.05, 0) is 31.8 Å². The molecule has 0 aliphatic carbocycles. The summed E-state index contributed by atoms with van der Waals surface area (Å²) in [5.74, 6) is -0.459. The first-order valence-electron chi connectivity index (χ1n) is 6.28. The zero-order chi connectivity index (χ0) is 15.1. The smallest absolute Gasteiger partial charge is 0.333 e. The first-order valence-corrected chi connectivity index (χ1v) is 7.76. The van der Waals surface area contributed by atoms with E-state index in [1.54, 1.807) is 20.8 Å². The molecule has 2 heterocycles. The maximum Gasteiger partial charge on any atom is 0.333 e. The summed E-state index contributed by atoms with van der Waals surface area (Å²) in [5, 5.41) is 1.65. The number of ether oxygens (including phenoxy) is 2. The summed E-state index contributed by atoms with van der Waals surface area (Å²) in [6, 6.07) is -0.739. The number of alkyl halides is 1. The van der Waals surface area contributed by atoms with E-state index in [9.17, 15) is 9.59 Å². The topological polar surface area (TPSA) is 55.8 Å². The minimum absolute atomic E-state index is 0.183. The highest BCUT2D eigenvalue weighted by Crippen LogP contribution is 2.41. The van der Waals surface area contributed by atoms with Crippen LogP contribution in [0.3, 0.4) is 0 Å². The second-order valence-corrected chi connectivity index (χ2v) is 6.95. The van der Waals surface area contributed by atoms with Crippen molar-refractivity contribution in [2.45, 2.75) is 43.9 Å². The number of hydrogen-bond donors (Lipinski definition) is 0. The number of esters is 1. The zero-order valence-corrected chi connectivity index (χ0v) is 13.5. The normalized spacial score (nSPS) is 29.4. The van der Waals surface area contributed by atoms with Crippen LogP contribution >= 0.6 is 23.4 Å². The van der Waals surface area contributed by atoms with Gasteiger partial charge in [0.2, 0.25) is 0 Å². The van der Waals surface area contributed by atoms with E-state index in [0.29, 0.717) is 5.57 Å². The van der Waals surface area contributed by atoms with Crippen LogP contribution in [0, 0.1) is 0 Å². The number of methoxy groups -OCH3 is 1. The van der Waals surface area contributed by atoms with Crippen molar-refractivity contribution in [1.82, 2.24) is 4.90 Å². The molecule has 2 aliphatic rings. The van der Waals surface area contributed by atoms with Crippen molar-refractivity contribution in [3.05, 3.63) is 11.0 Å². The lowest BCUT2D eigenvalue weighted by atomic mass is 10.0. The molecule has 0 aromatic rings. The van der Waals surface area contributed by atoms with E-state index in [4.69, 9.17) is 21.1 Å². The molecule has 1 amide bonds. The SMILES string of the molecule is CO[C@H]1C(=O)N2C(C(=O)OC(C)(C)C)C(CCl)=CSC12. The number of fused-ring (bicyclic) bond motifs is 1. The Hall–Kier alpha value is -0.720. The van der Waals surface area contributed by atoms with E-state index >= 15 is 0 Å². The molecule has 0 saturated carbocycles. The Morgan fingerprint density at radius 2 is 2.15 bits per heavy atom. The van der Waals surface area contributed by atoms with E-state index in [0.717, 1.165) is 0 Å². The van der Waals surface area contributed by atoms with Crippen molar-refractivity contribution in [1.29, 1.82) is 0 Å². The Labute approximate surface area is 127 Å². The lowest BCUT2D eigenvalue weighted by Gasteiger charge is -2.51. The van der Waals surface area contributed by atoms with Crippen LogP contribution in [-0.4, -0.2) is 52.9 Å². The summed E-state index contributed by atoms with van der Waals surface area (Å²) in [6.07, 6.45) is -0.502. The molecule has 0 spiro atoms. The molecule has 2 rings (SSSR count). The molecular formula is C13H18ClNO4S. The fourth-order valence-corrected chi connectivity index (χ4v) is 3.78. The van der Waals surface area contributed by atoms with Gasteiger partial charge in [-0.15, -0.1) is 23.4 Å². The number of amides is 1. The molecule has 0 bridgehead atoms. The van der Waals surface area contributed by atoms with Crippen LogP contribution in [0.2, 0.25) is 0 Å². The minimum Gasteiger partial charge on any atom is -0.458 e. The molecule has 0 N–H and O–H groups in total. The van der Waals surface area contributed by atoms with Gasteiger partial charge in [-0.1, -0.05) is 0 Å². The predicted octanol–water partition coefficient (Wildman–Crippen LogP) is 1.75. The van der Waals surface area contributed by atoms with Crippen molar-refractivity contribution in [2.75, 3.05) is 13.0 Å². The van der Waals surface area contributed by atoms with E-state index < -0.39 is 23.7 Å². The number of hydrogen-bond acceptors (Lipinski definition) is 5. The Kier molecular flexibility index (Phi) is 4.37. The largest absolute Gasteiger partial charge is 0.458 e. The average molecular weight is 320 g/mol. The van der Waals surface area contributed by atoms with Crippen LogP contribution in [0.5, 0.6) is 0 Å². The van der Waals surface area contributed by atoms with Crippen LogP contribution in [-0.2, 0) is 19.1 Å². The minimum atomic E-state index is -0.739. The van der Waals surface area contributed by atoms with Crippen molar-refractivity contribution in [3.8, 4) is 0 Å². The van der Waals surface area contributed by atoms with Crippen LogP contribution in [0.15, 0.2) is 11.0 Å². The van der Waals surface area contributed by atoms with Crippen molar-refractivity contribution < 1.29 is 19.1 Å². The Morgan fingerprint density at radius 1 is 1.50 bits per heavy atom. The van der Waals surface area contributed by atoms with Crippen LogP contribution in [0.4, 0.5) is 0 Å². The lowest BCUT2D eigenvalue weighted by molar-refractivity contribution is -0.178. The molecule has 112 valence electrons. The van der Waals surface area contributed by atoms with Gasteiger partial charge in [-0.2, -0.15) is 0 Å². The molecule has 0 radical (unpaired) electrons. The summed E-state index contributed by atoms with van der Waals surface area (Å²) < 4.78 is 10.5. The summed E-state index contributed by atoms with van der Waals surface area (Å²) in [5.41, 5.74) is 0.0773. The van der Waals surface area contributed by atoms with Gasteiger partial charge in [-0.25, -0.2) is 4.79 Å². The van der Waals surface area contributed by atoms with Gasteiger partial charge in [0.25, 0.3) is 5.91 Å². The highest BCUT2D eigenvalue weighted by Gasteiger charge is 2.56. The van der Waals surface area contributed by atoms with Gasteiger partial charge in [0.05, 0.1) is 0 Å². The maximum atomic E-state index is 12.3. The third kappa shape index (κ3) is 2.69. The van der Waals surface area contributed by atoms with Gasteiger partial charge in [0.15, 0.2) is 12.1 Å². The van der Waals surface area contributed by atoms with Crippen LogP contribution < -0.4 is 0 Å². The highest BCUT2D eigenvalue weighted by atomic mass is 35.5. The van der Waals surface area contributed by atoms with E-state index in [2.05, 4.69) is 0 Å². The third-order valence-corrected chi connectivity index (χ3v) is 4.56. The summed E-state index contributed by atoms with van der Waals surface area (Å²) in [7, 11) is 1.49. The number of nitrogens with zero attached hydrogens (tertiary/aromatic N) is 1. The summed E-state index contributed by atoms with van der Waals surface area (Å²) in [4.78, 5) is 25.9. The number of carbonyl (C=O) groups is 2. The van der Waals surface area contributed by atoms with Gasteiger partial charge < -0.3 is 14.4 Å². The Bertz CT molecular complexity index is 460. The van der Waals surface area contributed by atoms with Crippen LogP contribution in [0.1, 0.15) is 20.8 Å². The molecule has 3 atom stereocenters. The van der Waals surface area contributed by atoms with Gasteiger partial charge in [0, 0.05) is 13.0 Å². The number of carbonyl (C=O) groups excluding carboxylic acids is 2. The molecule has 5 nitrogen and oxygen atoms in total. The van der Waals surface area contributed by atoms with Crippen molar-refractivity contribution in [3.63, 3.8) is 0 Å². The quantitative estimate of drug-likeness (QED) is 0.450. The van der Waals surface area contributed by atoms with Crippen LogP contribution in [0.25, 0.3) is 0 Å². The molecule has 1 saturated heterocycles. The molecule has 1 fully saturated rings.